The first-order chi connectivity index (χ1) is 23.6. The van der Waals surface area contributed by atoms with E-state index in [1.54, 1.807) is 32.9 Å². The van der Waals surface area contributed by atoms with Crippen LogP contribution in [-0.2, 0) is 43.0 Å². The largest absolute Gasteiger partial charge is 0.462 e. The van der Waals surface area contributed by atoms with Crippen LogP contribution in [0.4, 0.5) is 10.6 Å². The predicted molar refractivity (Wildman–Crippen MR) is 193 cm³/mol. The topological polar surface area (TPSA) is 173 Å². The Morgan fingerprint density at radius 3 is 2.20 bits per heavy atom. The Labute approximate surface area is 303 Å². The van der Waals surface area contributed by atoms with Crippen LogP contribution in [0.25, 0.3) is 5.52 Å². The minimum Gasteiger partial charge on any atom is -0.462 e. The number of amides is 1. The third kappa shape index (κ3) is 9.55. The van der Waals surface area contributed by atoms with Crippen molar-refractivity contribution in [1.82, 2.24) is 14.6 Å². The zero-order valence-corrected chi connectivity index (χ0v) is 34.0. The molecular weight excluding hydrogens is 691 g/mol. The molecule has 0 aromatic carbocycles. The zero-order valence-electron chi connectivity index (χ0n) is 32.0. The van der Waals surface area contributed by atoms with Gasteiger partial charge in [0.1, 0.15) is 42.8 Å². The standard InChI is InChI=1S/C35H55N5O9Si2/c1-33(2,3)30(41)45-22-46-32(43)39-29-24-17-18-26(40(24)38-21-37-29)35(20-36)28(49-51(9,10)11)27(48-50(6,7)8)25(47-35)19-44-31(42)34(4,5)23-15-13-12-14-16-23/h17-18,21,23,25,27-28H,12-16,19,22H2,1-11H3,(H,37,38,39,43)/t25-,27-,28-,35+/m1/s1. The normalized spacial score (nSPS) is 23.5. The number of rotatable bonds is 12. The third-order valence-corrected chi connectivity index (χ3v) is 11.1. The molecule has 1 amide bonds. The van der Waals surface area contributed by atoms with Crippen LogP contribution in [0.15, 0.2) is 18.5 Å². The summed E-state index contributed by atoms with van der Waals surface area (Å²) in [6.45, 7) is 20.4. The van der Waals surface area contributed by atoms with Gasteiger partial charge in [0.05, 0.1) is 16.5 Å². The van der Waals surface area contributed by atoms with Crippen LogP contribution in [0.1, 0.15) is 72.4 Å². The Kier molecular flexibility index (Phi) is 12.1. The van der Waals surface area contributed by atoms with E-state index in [4.69, 9.17) is 27.8 Å². The van der Waals surface area contributed by atoms with Crippen LogP contribution in [0.5, 0.6) is 0 Å². The lowest BCUT2D eigenvalue weighted by atomic mass is 9.71. The first-order valence-electron chi connectivity index (χ1n) is 17.7. The van der Waals surface area contributed by atoms with Gasteiger partial charge in [-0.15, -0.1) is 0 Å². The maximum absolute atomic E-state index is 13.6. The molecule has 2 aliphatic rings. The van der Waals surface area contributed by atoms with E-state index in [0.29, 0.717) is 11.2 Å². The highest BCUT2D eigenvalue weighted by Crippen LogP contribution is 2.46. The van der Waals surface area contributed by atoms with E-state index < -0.39 is 70.2 Å². The number of aromatic nitrogens is 3. The zero-order chi connectivity index (χ0) is 38.0. The van der Waals surface area contributed by atoms with Gasteiger partial charge in [-0.05, 0) is 105 Å². The number of carbonyl (C=O) groups is 3. The lowest BCUT2D eigenvalue weighted by Crippen LogP contribution is -2.51. The molecule has 51 heavy (non-hydrogen) atoms. The molecule has 4 atom stereocenters. The van der Waals surface area contributed by atoms with E-state index in [1.807, 2.05) is 53.1 Å². The predicted octanol–water partition coefficient (Wildman–Crippen LogP) is 6.53. The second-order valence-electron chi connectivity index (χ2n) is 17.0. The molecule has 1 saturated carbocycles. The highest BCUT2D eigenvalue weighted by Gasteiger charge is 2.61. The Morgan fingerprint density at radius 1 is 0.961 bits per heavy atom. The van der Waals surface area contributed by atoms with Gasteiger partial charge in [-0.2, -0.15) is 10.4 Å². The summed E-state index contributed by atoms with van der Waals surface area (Å²) in [7, 11) is -4.66. The number of nitriles is 1. The second kappa shape index (κ2) is 15.3. The average molecular weight is 746 g/mol. The first-order valence-corrected chi connectivity index (χ1v) is 24.5. The van der Waals surface area contributed by atoms with Gasteiger partial charge in [0.2, 0.25) is 12.4 Å². The fourth-order valence-corrected chi connectivity index (χ4v) is 8.64. The van der Waals surface area contributed by atoms with Gasteiger partial charge in [0, 0.05) is 0 Å². The molecule has 3 heterocycles. The molecule has 0 unspecified atom stereocenters. The van der Waals surface area contributed by atoms with Crippen molar-refractivity contribution < 1.29 is 42.2 Å². The van der Waals surface area contributed by atoms with Gasteiger partial charge >= 0.3 is 18.0 Å². The fraction of sp³-hybridized carbons (Fsp3) is 0.714. The summed E-state index contributed by atoms with van der Waals surface area (Å²) in [6, 6.07) is 5.71. The van der Waals surface area contributed by atoms with Crippen molar-refractivity contribution in [3.05, 3.63) is 24.2 Å². The Balaban J connectivity index is 1.67. The maximum Gasteiger partial charge on any atom is 0.415 e. The molecule has 1 N–H and O–H groups in total. The molecule has 282 valence electrons. The molecule has 1 saturated heterocycles. The first kappa shape index (κ1) is 40.4. The Bertz CT molecular complexity index is 1620. The number of hydrogen-bond donors (Lipinski definition) is 1. The number of esters is 2. The van der Waals surface area contributed by atoms with Crippen LogP contribution in [0.3, 0.4) is 0 Å². The van der Waals surface area contributed by atoms with E-state index in [0.717, 1.165) is 25.7 Å². The highest BCUT2D eigenvalue weighted by atomic mass is 28.4. The molecule has 0 bridgehead atoms. The number of carbonyl (C=O) groups excluding carboxylic acids is 3. The molecule has 2 fully saturated rings. The monoisotopic (exact) mass is 745 g/mol. The van der Waals surface area contributed by atoms with Crippen molar-refractivity contribution in [3.63, 3.8) is 0 Å². The molecule has 1 aliphatic carbocycles. The summed E-state index contributed by atoms with van der Waals surface area (Å²) in [5.74, 6) is -0.522. The fourth-order valence-electron chi connectivity index (χ4n) is 6.49. The van der Waals surface area contributed by atoms with Crippen molar-refractivity contribution in [2.45, 2.75) is 130 Å². The van der Waals surface area contributed by atoms with Crippen LogP contribution in [-0.4, -0.2) is 81.0 Å². The van der Waals surface area contributed by atoms with Crippen molar-refractivity contribution in [2.24, 2.45) is 16.7 Å². The summed E-state index contributed by atoms with van der Waals surface area (Å²) in [6.07, 6.45) is 3.16. The van der Waals surface area contributed by atoms with Crippen LogP contribution in [0.2, 0.25) is 39.3 Å². The van der Waals surface area contributed by atoms with E-state index in [1.165, 1.54) is 17.3 Å². The van der Waals surface area contributed by atoms with Crippen LogP contribution < -0.4 is 5.32 Å². The van der Waals surface area contributed by atoms with E-state index in [9.17, 15) is 19.6 Å². The van der Waals surface area contributed by atoms with Gasteiger partial charge in [-0.3, -0.25) is 14.9 Å². The van der Waals surface area contributed by atoms with Gasteiger partial charge in [-0.1, -0.05) is 19.3 Å². The molecule has 16 heteroatoms. The average Bonchev–Trinajstić information content (AvgIpc) is 3.58. The van der Waals surface area contributed by atoms with Crippen LogP contribution in [0, 0.1) is 28.1 Å². The highest BCUT2D eigenvalue weighted by molar-refractivity contribution is 6.70. The quantitative estimate of drug-likeness (QED) is 0.142. The SMILES string of the molecule is CC(C)(C)C(=O)OCOC(=O)Nc1ncnn2c([C@]3(C#N)O[C@H](COC(=O)C(C)(C)C4CCCCC4)[C@@H](O[Si](C)(C)C)[C@H]3O[Si](C)(C)C)ccc12. The number of hydrogen-bond acceptors (Lipinski definition) is 12. The van der Waals surface area contributed by atoms with E-state index in [-0.39, 0.29) is 24.3 Å². The smallest absolute Gasteiger partial charge is 0.415 e. The molecule has 4 rings (SSSR count). The minimum atomic E-state index is -2.37. The number of nitrogens with one attached hydrogen (secondary N) is 1. The van der Waals surface area contributed by atoms with Gasteiger partial charge in [-0.25, -0.2) is 14.3 Å². The van der Waals surface area contributed by atoms with E-state index in [2.05, 4.69) is 21.5 Å². The molecule has 1 aliphatic heterocycles. The summed E-state index contributed by atoms with van der Waals surface area (Å²) < 4.78 is 37.8. The summed E-state index contributed by atoms with van der Waals surface area (Å²) in [4.78, 5) is 42.6. The Hall–Kier alpha value is -3.37. The van der Waals surface area contributed by atoms with Crippen molar-refractivity contribution in [1.29, 1.82) is 5.26 Å². The lowest BCUT2D eigenvalue weighted by Gasteiger charge is -2.36. The third-order valence-electron chi connectivity index (χ3n) is 9.12. The molecular formula is C35H55N5O9Si2. The lowest BCUT2D eigenvalue weighted by molar-refractivity contribution is -0.164. The van der Waals surface area contributed by atoms with Gasteiger partial charge in [0.25, 0.3) is 0 Å². The summed E-state index contributed by atoms with van der Waals surface area (Å²) in [5, 5.41) is 18.0. The molecule has 2 aromatic rings. The second-order valence-corrected chi connectivity index (χ2v) is 25.9. The molecule has 14 nitrogen and oxygen atoms in total. The minimum absolute atomic E-state index is 0.0856. The van der Waals surface area contributed by atoms with Gasteiger partial charge in [0.15, 0.2) is 22.5 Å². The number of nitrogens with zero attached hydrogens (tertiary/aromatic N) is 4. The molecule has 2 aromatic heterocycles. The summed E-state index contributed by atoms with van der Waals surface area (Å²) >= 11 is 0. The number of ether oxygens (including phenoxy) is 4. The summed E-state index contributed by atoms with van der Waals surface area (Å²) in [5.41, 5.74) is -2.53. The molecule has 0 spiro atoms. The van der Waals surface area contributed by atoms with Crippen molar-refractivity contribution >= 4 is 46.0 Å². The number of fused-ring (bicyclic) bond motifs is 1. The number of anilines is 1. The van der Waals surface area contributed by atoms with E-state index >= 15 is 0 Å². The van der Waals surface area contributed by atoms with Crippen LogP contribution >= 0.6 is 0 Å². The van der Waals surface area contributed by atoms with Gasteiger partial charge < -0.3 is 27.8 Å². The Morgan fingerprint density at radius 2 is 1.61 bits per heavy atom. The maximum atomic E-state index is 13.6. The molecule has 0 radical (unpaired) electrons. The van der Waals surface area contributed by atoms with Crippen molar-refractivity contribution in [3.8, 4) is 6.07 Å². The van der Waals surface area contributed by atoms with Crippen molar-refractivity contribution in [2.75, 3.05) is 18.7 Å².